The number of ether oxygens (including phenoxy) is 2. The number of carbonyl (C=O) groups excluding carboxylic acids is 1. The third-order valence-corrected chi connectivity index (χ3v) is 2.20. The van der Waals surface area contributed by atoms with Gasteiger partial charge in [0, 0.05) is 12.0 Å². The normalized spacial score (nSPS) is 11.6. The summed E-state index contributed by atoms with van der Waals surface area (Å²) in [5.41, 5.74) is -0.146. The summed E-state index contributed by atoms with van der Waals surface area (Å²) in [6.07, 6.45) is 1.91. The Balaban J connectivity index is 3.72. The van der Waals surface area contributed by atoms with Gasteiger partial charge in [0.05, 0.1) is 12.7 Å². The lowest BCUT2D eigenvalue weighted by Crippen LogP contribution is -2.32. The molecule has 0 aliphatic rings. The highest BCUT2D eigenvalue weighted by Crippen LogP contribution is 2.16. The molecule has 0 saturated heterocycles. The Morgan fingerprint density at radius 1 is 1.29 bits per heavy atom. The lowest BCUT2D eigenvalue weighted by molar-refractivity contribution is -0.00720. The van der Waals surface area contributed by atoms with Gasteiger partial charge in [0.1, 0.15) is 6.61 Å². The third-order valence-electron chi connectivity index (χ3n) is 2.20. The lowest BCUT2D eigenvalue weighted by atomic mass is 9.96. The molecule has 0 bridgehead atoms. The average molecular weight is 245 g/mol. The Kier molecular flexibility index (Phi) is 7.96. The van der Waals surface area contributed by atoms with Gasteiger partial charge in [-0.1, -0.05) is 27.2 Å². The predicted molar refractivity (Wildman–Crippen MR) is 69.1 cm³/mol. The second kappa shape index (κ2) is 8.34. The maximum atomic E-state index is 11.3. The molecule has 4 nitrogen and oxygen atoms in total. The Morgan fingerprint density at radius 2 is 1.94 bits per heavy atom. The second-order valence-corrected chi connectivity index (χ2v) is 5.38. The first kappa shape index (κ1) is 16.2. The van der Waals surface area contributed by atoms with Gasteiger partial charge in [0.25, 0.3) is 0 Å². The molecule has 0 aliphatic carbocycles. The van der Waals surface area contributed by atoms with Crippen molar-refractivity contribution < 1.29 is 14.3 Å². The summed E-state index contributed by atoms with van der Waals surface area (Å²) in [5, 5.41) is 2.72. The molecule has 0 aliphatic heterocycles. The van der Waals surface area contributed by atoms with E-state index < -0.39 is 0 Å². The van der Waals surface area contributed by atoms with Gasteiger partial charge in [-0.3, -0.25) is 0 Å². The molecule has 0 fully saturated rings. The van der Waals surface area contributed by atoms with Crippen LogP contribution in [0.4, 0.5) is 4.79 Å². The molecule has 0 aromatic heterocycles. The van der Waals surface area contributed by atoms with Gasteiger partial charge in [0.15, 0.2) is 0 Å². The minimum atomic E-state index is -0.337. The van der Waals surface area contributed by atoms with Crippen LogP contribution < -0.4 is 5.32 Å². The van der Waals surface area contributed by atoms with E-state index in [9.17, 15) is 4.79 Å². The Bertz CT molecular complexity index is 215. The molecule has 0 rings (SSSR count). The van der Waals surface area contributed by atoms with Crippen LogP contribution in [0.5, 0.6) is 0 Å². The predicted octanol–water partition coefficient (Wildman–Crippen LogP) is 2.96. The lowest BCUT2D eigenvalue weighted by Gasteiger charge is -2.25. The number of amides is 1. The smallest absolute Gasteiger partial charge is 0.407 e. The minimum absolute atomic E-state index is 0.146. The highest BCUT2D eigenvalue weighted by molar-refractivity contribution is 5.67. The molecule has 0 heterocycles. The van der Waals surface area contributed by atoms with Crippen molar-refractivity contribution in [2.24, 2.45) is 5.41 Å². The summed E-state index contributed by atoms with van der Waals surface area (Å²) in [4.78, 5) is 11.3. The van der Waals surface area contributed by atoms with E-state index in [0.717, 1.165) is 12.8 Å². The van der Waals surface area contributed by atoms with Crippen LogP contribution in [0.3, 0.4) is 0 Å². The van der Waals surface area contributed by atoms with Crippen LogP contribution >= 0.6 is 0 Å². The highest BCUT2D eigenvalue weighted by Gasteiger charge is 2.21. The van der Waals surface area contributed by atoms with Crippen LogP contribution in [-0.2, 0) is 9.47 Å². The quantitative estimate of drug-likeness (QED) is 0.669. The largest absolute Gasteiger partial charge is 0.449 e. The minimum Gasteiger partial charge on any atom is -0.449 e. The maximum Gasteiger partial charge on any atom is 0.407 e. The molecule has 0 unspecified atom stereocenters. The van der Waals surface area contributed by atoms with E-state index in [2.05, 4.69) is 12.2 Å². The first-order chi connectivity index (χ1) is 7.87. The van der Waals surface area contributed by atoms with Crippen molar-refractivity contribution in [2.75, 3.05) is 19.8 Å². The summed E-state index contributed by atoms with van der Waals surface area (Å²) in [5.74, 6) is 0. The zero-order valence-electron chi connectivity index (χ0n) is 11.8. The number of rotatable bonds is 8. The number of carbonyl (C=O) groups is 1. The molecule has 0 spiro atoms. The van der Waals surface area contributed by atoms with Crippen molar-refractivity contribution >= 4 is 6.09 Å². The SMILES string of the molecule is CCCCNC(=O)OCC(C)(C)COC(C)C. The van der Waals surface area contributed by atoms with Crippen molar-refractivity contribution in [2.45, 2.75) is 53.6 Å². The summed E-state index contributed by atoms with van der Waals surface area (Å²) in [6.45, 7) is 11.8. The van der Waals surface area contributed by atoms with Crippen LogP contribution in [0.15, 0.2) is 0 Å². The number of hydrogen-bond acceptors (Lipinski definition) is 3. The van der Waals surface area contributed by atoms with Crippen LogP contribution in [-0.4, -0.2) is 32.0 Å². The number of nitrogens with one attached hydrogen (secondary N) is 1. The first-order valence-corrected chi connectivity index (χ1v) is 6.39. The highest BCUT2D eigenvalue weighted by atomic mass is 16.6. The van der Waals surface area contributed by atoms with Crippen LogP contribution in [0.1, 0.15) is 47.5 Å². The van der Waals surface area contributed by atoms with E-state index in [1.54, 1.807) is 0 Å². The van der Waals surface area contributed by atoms with Crippen molar-refractivity contribution in [1.82, 2.24) is 5.32 Å². The van der Waals surface area contributed by atoms with Gasteiger partial charge in [-0.05, 0) is 20.3 Å². The molecule has 1 N–H and O–H groups in total. The van der Waals surface area contributed by atoms with Crippen LogP contribution in [0.2, 0.25) is 0 Å². The van der Waals surface area contributed by atoms with Gasteiger partial charge < -0.3 is 14.8 Å². The Morgan fingerprint density at radius 3 is 2.47 bits per heavy atom. The topological polar surface area (TPSA) is 47.6 Å². The van der Waals surface area contributed by atoms with E-state index in [1.165, 1.54) is 0 Å². The molecule has 0 saturated carbocycles. The average Bonchev–Trinajstić information content (AvgIpc) is 2.25. The van der Waals surface area contributed by atoms with E-state index >= 15 is 0 Å². The molecule has 0 aromatic carbocycles. The molecular weight excluding hydrogens is 218 g/mol. The summed E-state index contributed by atoms with van der Waals surface area (Å²) >= 11 is 0. The molecule has 17 heavy (non-hydrogen) atoms. The summed E-state index contributed by atoms with van der Waals surface area (Å²) < 4.78 is 10.7. The maximum absolute atomic E-state index is 11.3. The molecule has 1 amide bonds. The summed E-state index contributed by atoms with van der Waals surface area (Å²) in [6, 6.07) is 0. The first-order valence-electron chi connectivity index (χ1n) is 6.39. The molecule has 102 valence electrons. The Labute approximate surface area is 105 Å². The van der Waals surface area contributed by atoms with E-state index in [0.29, 0.717) is 19.8 Å². The standard InChI is InChI=1S/C13H27NO3/c1-6-7-8-14-12(15)17-10-13(4,5)9-16-11(2)3/h11H,6-10H2,1-5H3,(H,14,15). The fraction of sp³-hybridized carbons (Fsp3) is 0.923. The van der Waals surface area contributed by atoms with Crippen LogP contribution in [0.25, 0.3) is 0 Å². The van der Waals surface area contributed by atoms with Crippen molar-refractivity contribution in [3.63, 3.8) is 0 Å². The molecule has 0 radical (unpaired) electrons. The fourth-order valence-electron chi connectivity index (χ4n) is 1.11. The molecular formula is C13H27NO3. The van der Waals surface area contributed by atoms with Gasteiger partial charge >= 0.3 is 6.09 Å². The van der Waals surface area contributed by atoms with Crippen molar-refractivity contribution in [1.29, 1.82) is 0 Å². The van der Waals surface area contributed by atoms with E-state index in [-0.39, 0.29) is 17.6 Å². The summed E-state index contributed by atoms with van der Waals surface area (Å²) in [7, 11) is 0. The third kappa shape index (κ3) is 10.1. The zero-order chi connectivity index (χ0) is 13.3. The Hall–Kier alpha value is -0.770. The van der Waals surface area contributed by atoms with Gasteiger partial charge in [-0.2, -0.15) is 0 Å². The van der Waals surface area contributed by atoms with Crippen LogP contribution in [0, 0.1) is 5.41 Å². The zero-order valence-corrected chi connectivity index (χ0v) is 11.8. The van der Waals surface area contributed by atoms with Gasteiger partial charge in [-0.25, -0.2) is 4.79 Å². The number of alkyl carbamates (subject to hydrolysis) is 1. The van der Waals surface area contributed by atoms with E-state index in [1.807, 2.05) is 27.7 Å². The molecule has 0 atom stereocenters. The second-order valence-electron chi connectivity index (χ2n) is 5.38. The van der Waals surface area contributed by atoms with Gasteiger partial charge in [0.2, 0.25) is 0 Å². The molecule has 4 heteroatoms. The monoisotopic (exact) mass is 245 g/mol. The number of hydrogen-bond donors (Lipinski definition) is 1. The van der Waals surface area contributed by atoms with Crippen molar-refractivity contribution in [3.8, 4) is 0 Å². The van der Waals surface area contributed by atoms with Crippen molar-refractivity contribution in [3.05, 3.63) is 0 Å². The fourth-order valence-corrected chi connectivity index (χ4v) is 1.11. The number of unbranched alkanes of at least 4 members (excludes halogenated alkanes) is 1. The van der Waals surface area contributed by atoms with Gasteiger partial charge in [-0.15, -0.1) is 0 Å². The molecule has 0 aromatic rings. The van der Waals surface area contributed by atoms with E-state index in [4.69, 9.17) is 9.47 Å².